The van der Waals surface area contributed by atoms with E-state index in [1.165, 1.54) is 19.7 Å². The zero-order valence-corrected chi connectivity index (χ0v) is 21.1. The van der Waals surface area contributed by atoms with Crippen LogP contribution in [0.3, 0.4) is 0 Å². The summed E-state index contributed by atoms with van der Waals surface area (Å²) >= 11 is 0. The van der Waals surface area contributed by atoms with Crippen molar-refractivity contribution in [2.75, 3.05) is 14.1 Å². The van der Waals surface area contributed by atoms with Gasteiger partial charge in [0.2, 0.25) is 0 Å². The Kier molecular flexibility index (Phi) is 6.22. The molecule has 8 nitrogen and oxygen atoms in total. The number of hydrogen-bond donors (Lipinski definition) is 2. The van der Waals surface area contributed by atoms with Crippen LogP contribution in [0.2, 0.25) is 0 Å². The molecule has 9 heteroatoms. The molecule has 0 saturated carbocycles. The van der Waals surface area contributed by atoms with Crippen LogP contribution in [0.1, 0.15) is 46.7 Å². The number of nitrogens with one attached hydrogen (secondary N) is 1. The van der Waals surface area contributed by atoms with Gasteiger partial charge in [0.15, 0.2) is 0 Å². The van der Waals surface area contributed by atoms with Gasteiger partial charge in [-0.1, -0.05) is 42.5 Å². The largest absolute Gasteiger partial charge is 0.481 e. The van der Waals surface area contributed by atoms with Crippen molar-refractivity contribution in [3.63, 3.8) is 0 Å². The van der Waals surface area contributed by atoms with Crippen LogP contribution < -0.4 is 4.72 Å². The lowest BCUT2D eigenvalue weighted by Gasteiger charge is -2.21. The molecule has 1 aliphatic carbocycles. The number of rotatable bonds is 5. The summed E-state index contributed by atoms with van der Waals surface area (Å²) in [6, 6.07) is 13.2. The highest BCUT2D eigenvalue weighted by atomic mass is 32.2. The fourth-order valence-corrected chi connectivity index (χ4v) is 5.91. The summed E-state index contributed by atoms with van der Waals surface area (Å²) in [5, 5.41) is 11.0. The number of carboxylic acid groups (broad SMARTS) is 1. The first kappa shape index (κ1) is 24.3. The number of carboxylic acids is 1. The van der Waals surface area contributed by atoms with Gasteiger partial charge in [0.25, 0.3) is 5.91 Å². The lowest BCUT2D eigenvalue weighted by Crippen LogP contribution is -2.39. The van der Waals surface area contributed by atoms with Crippen LogP contribution in [-0.4, -0.2) is 48.4 Å². The minimum Gasteiger partial charge on any atom is -0.481 e. The third kappa shape index (κ3) is 4.22. The molecule has 0 bridgehead atoms. The van der Waals surface area contributed by atoms with E-state index in [1.807, 2.05) is 34.9 Å². The Bertz CT molecular complexity index is 1500. The van der Waals surface area contributed by atoms with Crippen LogP contribution in [0.25, 0.3) is 22.2 Å². The summed E-state index contributed by atoms with van der Waals surface area (Å²) in [5.74, 6) is -1.97. The van der Waals surface area contributed by atoms with Gasteiger partial charge in [-0.3, -0.25) is 9.59 Å². The SMILES string of the molecule is CN(C)S(=O)(=O)NC(=O)c1ccc2c(C3CC=CCC3)c3n(c2c1)CC(C(=O)O)Cc1ccccc1-3. The molecular weight excluding hydrogens is 478 g/mol. The van der Waals surface area contributed by atoms with Gasteiger partial charge < -0.3 is 9.67 Å². The number of aromatic nitrogens is 1. The summed E-state index contributed by atoms with van der Waals surface area (Å²) in [6.45, 7) is 0.263. The smallest absolute Gasteiger partial charge is 0.308 e. The molecule has 2 aliphatic rings. The number of carbonyl (C=O) groups excluding carboxylic acids is 1. The number of aliphatic carboxylic acids is 1. The van der Waals surface area contributed by atoms with Crippen LogP contribution in [-0.2, 0) is 28.0 Å². The van der Waals surface area contributed by atoms with Crippen molar-refractivity contribution in [2.45, 2.75) is 38.1 Å². The molecule has 1 aliphatic heterocycles. The van der Waals surface area contributed by atoms with E-state index in [2.05, 4.69) is 16.9 Å². The van der Waals surface area contributed by atoms with Crippen molar-refractivity contribution in [1.82, 2.24) is 13.6 Å². The Balaban J connectivity index is 1.75. The molecule has 36 heavy (non-hydrogen) atoms. The molecule has 0 radical (unpaired) electrons. The van der Waals surface area contributed by atoms with Crippen LogP contribution in [0.4, 0.5) is 0 Å². The van der Waals surface area contributed by atoms with Crippen molar-refractivity contribution in [3.8, 4) is 11.3 Å². The molecule has 1 amide bonds. The third-order valence-electron chi connectivity index (χ3n) is 7.24. The second-order valence-electron chi connectivity index (χ2n) is 9.70. The molecule has 0 saturated heterocycles. The number of carbonyl (C=O) groups is 2. The second-order valence-corrected chi connectivity index (χ2v) is 11.6. The normalized spacial score (nSPS) is 19.5. The molecule has 0 spiro atoms. The van der Waals surface area contributed by atoms with Gasteiger partial charge in [0, 0.05) is 42.7 Å². The number of allylic oxidation sites excluding steroid dienone is 2. The van der Waals surface area contributed by atoms with Crippen molar-refractivity contribution in [2.24, 2.45) is 5.92 Å². The standard InChI is InChI=1S/C27H29N3O5S/c1-29(2)36(34,35)28-26(31)19-12-13-22-23(15-19)30-16-20(27(32)33)14-18-10-6-7-11-21(18)25(30)24(22)17-8-4-3-5-9-17/h3-4,6-7,10-13,15,17,20H,5,8-9,14,16H2,1-2H3,(H,28,31)(H,32,33). The summed E-state index contributed by atoms with van der Waals surface area (Å²) in [4.78, 5) is 25.1. The Morgan fingerprint density at radius 3 is 2.58 bits per heavy atom. The Morgan fingerprint density at radius 1 is 1.11 bits per heavy atom. The lowest BCUT2D eigenvalue weighted by atomic mass is 9.84. The molecule has 2 heterocycles. The fraction of sp³-hybridized carbons (Fsp3) is 0.333. The lowest BCUT2D eigenvalue weighted by molar-refractivity contribution is -0.142. The summed E-state index contributed by atoms with van der Waals surface area (Å²) in [6.07, 6.45) is 7.64. The molecule has 0 fully saturated rings. The van der Waals surface area contributed by atoms with E-state index in [4.69, 9.17) is 0 Å². The minimum atomic E-state index is -3.95. The number of benzene rings is 2. The van der Waals surface area contributed by atoms with Gasteiger partial charge in [-0.15, -0.1) is 0 Å². The second kappa shape index (κ2) is 9.22. The van der Waals surface area contributed by atoms with E-state index in [-0.39, 0.29) is 18.0 Å². The number of hydrogen-bond acceptors (Lipinski definition) is 4. The van der Waals surface area contributed by atoms with Crippen molar-refractivity contribution in [3.05, 3.63) is 71.3 Å². The molecule has 188 valence electrons. The van der Waals surface area contributed by atoms with E-state index in [9.17, 15) is 23.1 Å². The van der Waals surface area contributed by atoms with E-state index >= 15 is 0 Å². The van der Waals surface area contributed by atoms with Crippen LogP contribution >= 0.6 is 0 Å². The van der Waals surface area contributed by atoms with Gasteiger partial charge >= 0.3 is 16.2 Å². The monoisotopic (exact) mass is 507 g/mol. The fourth-order valence-electron chi connectivity index (χ4n) is 5.38. The highest BCUT2D eigenvalue weighted by Crippen LogP contribution is 2.45. The van der Waals surface area contributed by atoms with Crippen molar-refractivity contribution in [1.29, 1.82) is 0 Å². The Morgan fingerprint density at radius 2 is 1.89 bits per heavy atom. The minimum absolute atomic E-state index is 0.202. The highest BCUT2D eigenvalue weighted by Gasteiger charge is 2.32. The molecule has 1 aromatic heterocycles. The van der Waals surface area contributed by atoms with E-state index in [0.29, 0.717) is 6.42 Å². The summed E-state index contributed by atoms with van der Waals surface area (Å²) in [5.41, 5.74) is 5.13. The number of amides is 1. The van der Waals surface area contributed by atoms with Gasteiger partial charge in [-0.2, -0.15) is 12.7 Å². The van der Waals surface area contributed by atoms with E-state index < -0.39 is 28.0 Å². The quantitative estimate of drug-likeness (QED) is 0.509. The molecule has 5 rings (SSSR count). The van der Waals surface area contributed by atoms with Crippen molar-refractivity contribution >= 4 is 33.0 Å². The van der Waals surface area contributed by atoms with Crippen LogP contribution in [0, 0.1) is 5.92 Å². The van der Waals surface area contributed by atoms with Crippen LogP contribution in [0.15, 0.2) is 54.6 Å². The average molecular weight is 508 g/mol. The van der Waals surface area contributed by atoms with Gasteiger partial charge in [0.1, 0.15) is 0 Å². The average Bonchev–Trinajstić information content (AvgIpc) is 3.06. The number of fused-ring (bicyclic) bond motifs is 5. The molecule has 2 unspecified atom stereocenters. The first-order valence-corrected chi connectivity index (χ1v) is 13.5. The first-order chi connectivity index (χ1) is 17.2. The zero-order chi connectivity index (χ0) is 25.6. The van der Waals surface area contributed by atoms with Gasteiger partial charge in [0.05, 0.1) is 11.6 Å². The van der Waals surface area contributed by atoms with Gasteiger partial charge in [-0.25, -0.2) is 4.72 Å². The molecule has 2 aromatic carbocycles. The topological polar surface area (TPSA) is 109 Å². The molecule has 2 N–H and O–H groups in total. The van der Waals surface area contributed by atoms with Crippen molar-refractivity contribution < 1.29 is 23.1 Å². The molecule has 2 atom stereocenters. The maximum absolute atomic E-state index is 12.9. The zero-order valence-electron chi connectivity index (χ0n) is 20.3. The Labute approximate surface area is 210 Å². The molecule has 3 aromatic rings. The molecular formula is C27H29N3O5S. The maximum atomic E-state index is 12.9. The predicted molar refractivity (Wildman–Crippen MR) is 138 cm³/mol. The van der Waals surface area contributed by atoms with Crippen LogP contribution in [0.5, 0.6) is 0 Å². The van der Waals surface area contributed by atoms with Gasteiger partial charge in [-0.05, 0) is 54.9 Å². The first-order valence-electron chi connectivity index (χ1n) is 12.0. The van der Waals surface area contributed by atoms with E-state index in [0.717, 1.165) is 51.3 Å². The third-order valence-corrected chi connectivity index (χ3v) is 8.64. The highest BCUT2D eigenvalue weighted by molar-refractivity contribution is 7.87. The van der Waals surface area contributed by atoms with E-state index in [1.54, 1.807) is 12.1 Å². The maximum Gasteiger partial charge on any atom is 0.308 e. The predicted octanol–water partition coefficient (Wildman–Crippen LogP) is 3.93. The summed E-state index contributed by atoms with van der Waals surface area (Å²) < 4.78 is 29.5. The number of nitrogens with zero attached hydrogens (tertiary/aromatic N) is 2. The Hall–Kier alpha value is -3.43. The summed E-state index contributed by atoms with van der Waals surface area (Å²) in [7, 11) is -1.26.